The Labute approximate surface area is 249 Å². The topological polar surface area (TPSA) is 43.4 Å². The second-order valence-electron chi connectivity index (χ2n) is 11.1. The van der Waals surface area contributed by atoms with Crippen LogP contribution in [0.3, 0.4) is 0 Å². The average molecular weight is 518 g/mol. The van der Waals surface area contributed by atoms with Gasteiger partial charge >= 0.3 is 29.6 Å². The van der Waals surface area contributed by atoms with E-state index in [1.165, 1.54) is 141 Å². The van der Waals surface area contributed by atoms with E-state index in [9.17, 15) is 9.90 Å². The molecule has 0 amide bonds. The first-order valence-electron chi connectivity index (χ1n) is 16.1. The minimum Gasteiger partial charge on any atom is -0.550 e. The van der Waals surface area contributed by atoms with Crippen molar-refractivity contribution in [2.75, 3.05) is 13.1 Å². The van der Waals surface area contributed by atoms with Crippen molar-refractivity contribution in [3.63, 3.8) is 0 Å². The Morgan fingerprint density at radius 3 is 1.11 bits per heavy atom. The number of rotatable bonds is 29. The molecule has 0 N–H and O–H groups in total. The molecule has 36 heavy (non-hydrogen) atoms. The zero-order valence-electron chi connectivity index (χ0n) is 25.4. The van der Waals surface area contributed by atoms with Crippen molar-refractivity contribution in [1.29, 1.82) is 0 Å². The largest absolute Gasteiger partial charge is 1.00 e. The molecule has 0 fully saturated rings. The monoisotopic (exact) mass is 517 g/mol. The number of hydrogen-bond donors (Lipinski definition) is 0. The maximum absolute atomic E-state index is 11.4. The number of hydrogen-bond acceptors (Lipinski definition) is 3. The van der Waals surface area contributed by atoms with Crippen molar-refractivity contribution in [3.05, 3.63) is 0 Å². The van der Waals surface area contributed by atoms with Gasteiger partial charge in [-0.05, 0) is 32.4 Å². The maximum atomic E-state index is 11.4. The maximum Gasteiger partial charge on any atom is 1.00 e. The van der Waals surface area contributed by atoms with E-state index in [1.807, 2.05) is 0 Å². The smallest absolute Gasteiger partial charge is 0.550 e. The quantitative estimate of drug-likeness (QED) is 0.0873. The number of carbonyl (C=O) groups is 1. The Bertz CT molecular complexity index is 406. The summed E-state index contributed by atoms with van der Waals surface area (Å²) in [7, 11) is 0. The Morgan fingerprint density at radius 1 is 0.528 bits per heavy atom. The van der Waals surface area contributed by atoms with Crippen LogP contribution in [0.2, 0.25) is 0 Å². The summed E-state index contributed by atoms with van der Waals surface area (Å²) < 4.78 is 0. The van der Waals surface area contributed by atoms with Gasteiger partial charge in [-0.2, -0.15) is 0 Å². The first-order chi connectivity index (χ1) is 17.2. The van der Waals surface area contributed by atoms with Crippen LogP contribution in [-0.4, -0.2) is 30.0 Å². The summed E-state index contributed by atoms with van der Waals surface area (Å²) in [5.41, 5.74) is 0. The van der Waals surface area contributed by atoms with Crippen LogP contribution in [-0.2, 0) is 4.79 Å². The van der Waals surface area contributed by atoms with Gasteiger partial charge < -0.3 is 14.8 Å². The molecule has 0 spiro atoms. The normalized spacial score (nSPS) is 12.1. The fourth-order valence-electron chi connectivity index (χ4n) is 5.37. The van der Waals surface area contributed by atoms with Gasteiger partial charge in [0.15, 0.2) is 0 Å². The van der Waals surface area contributed by atoms with Gasteiger partial charge in [0.25, 0.3) is 0 Å². The minimum absolute atomic E-state index is 0. The first-order valence-corrected chi connectivity index (χ1v) is 16.1. The fourth-order valence-corrected chi connectivity index (χ4v) is 5.37. The first kappa shape index (κ1) is 38.6. The van der Waals surface area contributed by atoms with Crippen LogP contribution in [0.5, 0.6) is 0 Å². The second-order valence-corrected chi connectivity index (χ2v) is 11.1. The van der Waals surface area contributed by atoms with Gasteiger partial charge in [-0.3, -0.25) is 0 Å². The molecule has 0 aromatic heterocycles. The summed E-state index contributed by atoms with van der Waals surface area (Å²) in [6.07, 6.45) is 32.1. The molecule has 0 saturated heterocycles. The number of unbranched alkanes of at least 4 members (excludes halogenated alkanes) is 20. The van der Waals surface area contributed by atoms with Gasteiger partial charge in [0.2, 0.25) is 0 Å². The van der Waals surface area contributed by atoms with Crippen LogP contribution in [0, 0.1) is 0 Å². The van der Waals surface area contributed by atoms with Gasteiger partial charge in [-0.1, -0.05) is 156 Å². The summed E-state index contributed by atoms with van der Waals surface area (Å²) >= 11 is 0. The van der Waals surface area contributed by atoms with E-state index in [2.05, 4.69) is 25.7 Å². The molecule has 4 heteroatoms. The van der Waals surface area contributed by atoms with Crippen LogP contribution in [0.25, 0.3) is 0 Å². The Morgan fingerprint density at radius 2 is 0.833 bits per heavy atom. The molecule has 0 aromatic rings. The second kappa shape index (κ2) is 31.6. The van der Waals surface area contributed by atoms with Crippen LogP contribution in [0.4, 0.5) is 0 Å². The number of carboxylic acid groups (broad SMARTS) is 1. The van der Waals surface area contributed by atoms with Crippen molar-refractivity contribution >= 4 is 5.97 Å². The fraction of sp³-hybridized carbons (Fsp3) is 0.969. The number of nitrogens with zero attached hydrogens (tertiary/aromatic N) is 1. The molecule has 1 atom stereocenters. The molecular formula is C32H64NNaO2. The summed E-state index contributed by atoms with van der Waals surface area (Å²) in [4.78, 5) is 13.9. The Kier molecular flexibility index (Phi) is 33.9. The minimum atomic E-state index is -0.883. The van der Waals surface area contributed by atoms with E-state index >= 15 is 0 Å². The van der Waals surface area contributed by atoms with E-state index in [1.54, 1.807) is 0 Å². The summed E-state index contributed by atoms with van der Waals surface area (Å²) in [6, 6.07) is 0.163. The van der Waals surface area contributed by atoms with Crippen LogP contribution >= 0.6 is 0 Å². The van der Waals surface area contributed by atoms with Crippen molar-refractivity contribution in [3.8, 4) is 0 Å². The Balaban J connectivity index is 0. The summed E-state index contributed by atoms with van der Waals surface area (Å²) in [6.45, 7) is 8.86. The zero-order chi connectivity index (χ0) is 25.8. The van der Waals surface area contributed by atoms with Crippen LogP contribution in [0.15, 0.2) is 0 Å². The van der Waals surface area contributed by atoms with Gasteiger partial charge in [0.05, 0.1) is 0 Å². The van der Waals surface area contributed by atoms with Crippen molar-refractivity contribution in [2.24, 2.45) is 0 Å². The standard InChI is InChI=1S/C32H65NO2.Na/c1-4-7-9-11-13-15-17-19-21-23-25-28-33(31(27-6-3)30-32(34)35)29-26-24-22-20-18-16-14-12-10-8-5-2;/h31H,4-30H2,1-3H3,(H,34,35);/q;+1/p-1. The average Bonchev–Trinajstić information content (AvgIpc) is 2.84. The van der Waals surface area contributed by atoms with E-state index in [0.717, 1.165) is 25.9 Å². The molecule has 0 saturated carbocycles. The molecule has 0 aromatic carbocycles. The molecule has 1 unspecified atom stereocenters. The third-order valence-corrected chi connectivity index (χ3v) is 7.64. The zero-order valence-corrected chi connectivity index (χ0v) is 27.4. The SMILES string of the molecule is CCCCCCCCCCCCCN(CCCCCCCCCCCCC)C(CCC)CC(=O)[O-].[Na+]. The van der Waals surface area contributed by atoms with Crippen LogP contribution in [0.1, 0.15) is 181 Å². The van der Waals surface area contributed by atoms with E-state index in [4.69, 9.17) is 0 Å². The van der Waals surface area contributed by atoms with E-state index < -0.39 is 5.97 Å². The Hall–Kier alpha value is 0.430. The van der Waals surface area contributed by atoms with Crippen LogP contribution < -0.4 is 34.7 Å². The molecule has 0 heterocycles. The third-order valence-electron chi connectivity index (χ3n) is 7.64. The van der Waals surface area contributed by atoms with Gasteiger partial charge in [-0.15, -0.1) is 0 Å². The molecule has 0 aliphatic heterocycles. The molecule has 0 aliphatic rings. The predicted octanol–water partition coefficient (Wildman–Crippen LogP) is 6.22. The van der Waals surface area contributed by atoms with Crippen molar-refractivity contribution < 1.29 is 39.5 Å². The summed E-state index contributed by atoms with van der Waals surface area (Å²) in [5, 5.41) is 11.4. The number of carbonyl (C=O) groups excluding carboxylic acids is 1. The molecule has 0 radical (unpaired) electrons. The van der Waals surface area contributed by atoms with Crippen molar-refractivity contribution in [1.82, 2.24) is 4.90 Å². The van der Waals surface area contributed by atoms with E-state index in [0.29, 0.717) is 0 Å². The number of aliphatic carboxylic acids is 1. The molecule has 210 valence electrons. The molecular weight excluding hydrogens is 453 g/mol. The summed E-state index contributed by atoms with van der Waals surface area (Å²) in [5.74, 6) is -0.883. The van der Waals surface area contributed by atoms with E-state index in [-0.39, 0.29) is 42.0 Å². The predicted molar refractivity (Wildman–Crippen MR) is 153 cm³/mol. The number of carboxylic acids is 1. The van der Waals surface area contributed by atoms with Gasteiger partial charge in [0.1, 0.15) is 0 Å². The third kappa shape index (κ3) is 27.5. The van der Waals surface area contributed by atoms with Crippen molar-refractivity contribution in [2.45, 2.75) is 187 Å². The molecule has 0 aliphatic carbocycles. The molecule has 0 bridgehead atoms. The molecule has 0 rings (SSSR count). The molecule has 3 nitrogen and oxygen atoms in total. The van der Waals surface area contributed by atoms with Gasteiger partial charge in [-0.25, -0.2) is 0 Å². The van der Waals surface area contributed by atoms with Gasteiger partial charge in [0, 0.05) is 18.4 Å².